The Kier molecular flexibility index (Phi) is 9.26. The molecule has 5 unspecified atom stereocenters. The lowest BCUT2D eigenvalue weighted by Crippen LogP contribution is -2.57. The summed E-state index contributed by atoms with van der Waals surface area (Å²) in [6.07, 6.45) is 3.63. The highest BCUT2D eigenvalue weighted by Gasteiger charge is 2.30. The molecule has 0 aliphatic rings. The molecule has 3 amide bonds. The number of amides is 3. The lowest BCUT2D eigenvalue weighted by Gasteiger charge is -2.24. The lowest BCUT2D eigenvalue weighted by atomic mass is 9.99. The fourth-order valence-electron chi connectivity index (χ4n) is 2.47. The molecule has 7 N–H and O–H groups in total. The molecule has 1 aromatic rings. The van der Waals surface area contributed by atoms with Crippen LogP contribution in [0.25, 0.3) is 0 Å². The number of nitrogens with two attached hydrogens (primary N) is 1. The number of nitrogens with one attached hydrogen (secondary N) is 4. The average molecular weight is 410 g/mol. The molecule has 29 heavy (non-hydrogen) atoms. The van der Waals surface area contributed by atoms with Crippen LogP contribution in [0.4, 0.5) is 0 Å². The van der Waals surface area contributed by atoms with Gasteiger partial charge in [0, 0.05) is 18.3 Å². The molecule has 1 heterocycles. The molecule has 0 fully saturated rings. The van der Waals surface area contributed by atoms with Gasteiger partial charge in [-0.2, -0.15) is 0 Å². The van der Waals surface area contributed by atoms with Crippen LogP contribution >= 0.6 is 0 Å². The van der Waals surface area contributed by atoms with E-state index in [-0.39, 0.29) is 12.3 Å². The van der Waals surface area contributed by atoms with Crippen molar-refractivity contribution in [3.63, 3.8) is 0 Å². The minimum absolute atomic E-state index is 0.114. The van der Waals surface area contributed by atoms with E-state index in [1.165, 1.54) is 26.4 Å². The number of hydrogen-bond acceptors (Lipinski definition) is 6. The van der Waals surface area contributed by atoms with Crippen molar-refractivity contribution in [1.29, 1.82) is 0 Å². The molecule has 0 aromatic carbocycles. The summed E-state index contributed by atoms with van der Waals surface area (Å²) in [6.45, 7) is 6.45. The van der Waals surface area contributed by atoms with E-state index >= 15 is 0 Å². The Hall–Kier alpha value is -2.95. The largest absolute Gasteiger partial charge is 0.480 e. The highest BCUT2D eigenvalue weighted by atomic mass is 16.4. The summed E-state index contributed by atoms with van der Waals surface area (Å²) in [5, 5.41) is 16.8. The molecule has 0 saturated heterocycles. The minimum Gasteiger partial charge on any atom is -0.480 e. The van der Waals surface area contributed by atoms with Crippen LogP contribution < -0.4 is 21.7 Å². The van der Waals surface area contributed by atoms with Crippen LogP contribution in [0.3, 0.4) is 0 Å². The number of H-pyrrole nitrogens is 1. The molecular weight excluding hydrogens is 380 g/mol. The molecule has 0 aliphatic carbocycles. The first kappa shape index (κ1) is 24.1. The quantitative estimate of drug-likeness (QED) is 0.268. The maximum Gasteiger partial charge on any atom is 0.326 e. The van der Waals surface area contributed by atoms with Crippen LogP contribution in [-0.2, 0) is 25.6 Å². The van der Waals surface area contributed by atoms with Gasteiger partial charge in [0.2, 0.25) is 17.7 Å². The number of carboxylic acids is 1. The van der Waals surface area contributed by atoms with Gasteiger partial charge >= 0.3 is 5.97 Å². The van der Waals surface area contributed by atoms with Gasteiger partial charge in [0.15, 0.2) is 0 Å². The third-order valence-electron chi connectivity index (χ3n) is 4.55. The topological polar surface area (TPSA) is 179 Å². The molecule has 0 saturated carbocycles. The first-order valence-corrected chi connectivity index (χ1v) is 9.43. The van der Waals surface area contributed by atoms with Gasteiger partial charge in [-0.1, -0.05) is 20.3 Å². The van der Waals surface area contributed by atoms with Crippen molar-refractivity contribution in [3.8, 4) is 0 Å². The van der Waals surface area contributed by atoms with Gasteiger partial charge in [-0.25, -0.2) is 9.78 Å². The number of aromatic amines is 1. The maximum atomic E-state index is 12.7. The Balaban J connectivity index is 2.81. The summed E-state index contributed by atoms with van der Waals surface area (Å²) in [7, 11) is 0. The molecule has 0 aliphatic heterocycles. The highest BCUT2D eigenvalue weighted by Crippen LogP contribution is 2.08. The fraction of sp³-hybridized carbons (Fsp3) is 0.611. The Morgan fingerprint density at radius 1 is 1.10 bits per heavy atom. The number of nitrogens with zero attached hydrogens (tertiary/aromatic N) is 1. The van der Waals surface area contributed by atoms with E-state index < -0.39 is 47.9 Å². The summed E-state index contributed by atoms with van der Waals surface area (Å²) in [5.41, 5.74) is 6.15. The molecule has 0 spiro atoms. The van der Waals surface area contributed by atoms with E-state index in [0.717, 1.165) is 0 Å². The standard InChI is InChI=1S/C18H30N6O5/c1-5-9(2)14(18(28)29)24-16(26)11(4)22-17(27)13(23-15(25)10(3)19)6-12-7-20-8-21-12/h7-11,13-14H,5-6,19H2,1-4H3,(H,20,21)(H,22,27)(H,23,25)(H,24,26)(H,28,29). The number of carbonyl (C=O) groups excluding carboxylic acids is 3. The number of carbonyl (C=O) groups is 4. The summed E-state index contributed by atoms with van der Waals surface area (Å²) in [6, 6.07) is -3.89. The van der Waals surface area contributed by atoms with Crippen molar-refractivity contribution in [2.45, 2.75) is 64.7 Å². The summed E-state index contributed by atoms with van der Waals surface area (Å²) < 4.78 is 0. The number of imidazole rings is 1. The SMILES string of the molecule is CCC(C)C(NC(=O)C(C)NC(=O)C(Cc1cnc[nH]1)NC(=O)C(C)N)C(=O)O. The average Bonchev–Trinajstić information content (AvgIpc) is 3.17. The molecule has 0 bridgehead atoms. The Morgan fingerprint density at radius 2 is 1.76 bits per heavy atom. The molecule has 11 nitrogen and oxygen atoms in total. The summed E-state index contributed by atoms with van der Waals surface area (Å²) in [4.78, 5) is 55.1. The van der Waals surface area contributed by atoms with E-state index in [9.17, 15) is 24.3 Å². The molecule has 162 valence electrons. The van der Waals surface area contributed by atoms with Crippen LogP contribution in [0.15, 0.2) is 12.5 Å². The molecule has 0 radical (unpaired) electrons. The monoisotopic (exact) mass is 410 g/mol. The van der Waals surface area contributed by atoms with Crippen LogP contribution in [-0.4, -0.2) is 62.9 Å². The van der Waals surface area contributed by atoms with Crippen molar-refractivity contribution < 1.29 is 24.3 Å². The van der Waals surface area contributed by atoms with Gasteiger partial charge in [-0.15, -0.1) is 0 Å². The highest BCUT2D eigenvalue weighted by molar-refractivity contribution is 5.94. The van der Waals surface area contributed by atoms with Crippen molar-refractivity contribution in [3.05, 3.63) is 18.2 Å². The normalized spacial score (nSPS) is 16.0. The number of carboxylic acid groups (broad SMARTS) is 1. The second-order valence-corrected chi connectivity index (χ2v) is 7.07. The van der Waals surface area contributed by atoms with Gasteiger partial charge in [-0.3, -0.25) is 14.4 Å². The van der Waals surface area contributed by atoms with E-state index in [1.807, 2.05) is 6.92 Å². The zero-order valence-corrected chi connectivity index (χ0v) is 17.1. The first-order chi connectivity index (χ1) is 13.6. The fourth-order valence-corrected chi connectivity index (χ4v) is 2.47. The summed E-state index contributed by atoms with van der Waals surface area (Å²) in [5.74, 6) is -3.19. The van der Waals surface area contributed by atoms with Gasteiger partial charge in [0.05, 0.1) is 12.4 Å². The van der Waals surface area contributed by atoms with E-state index in [1.54, 1.807) is 6.92 Å². The van der Waals surface area contributed by atoms with E-state index in [0.29, 0.717) is 12.1 Å². The van der Waals surface area contributed by atoms with Crippen LogP contribution in [0.1, 0.15) is 39.8 Å². The third-order valence-corrected chi connectivity index (χ3v) is 4.55. The van der Waals surface area contributed by atoms with E-state index in [2.05, 4.69) is 25.9 Å². The predicted octanol–water partition coefficient (Wildman–Crippen LogP) is -1.10. The van der Waals surface area contributed by atoms with Crippen LogP contribution in [0.5, 0.6) is 0 Å². The minimum atomic E-state index is -1.15. The van der Waals surface area contributed by atoms with Crippen molar-refractivity contribution in [2.75, 3.05) is 0 Å². The Bertz CT molecular complexity index is 706. The molecule has 11 heteroatoms. The first-order valence-electron chi connectivity index (χ1n) is 9.43. The van der Waals surface area contributed by atoms with Crippen LogP contribution in [0.2, 0.25) is 0 Å². The lowest BCUT2D eigenvalue weighted by molar-refractivity contribution is -0.143. The number of aliphatic carboxylic acids is 1. The Labute approximate surface area is 169 Å². The molecule has 5 atom stereocenters. The van der Waals surface area contributed by atoms with Gasteiger partial charge in [-0.05, 0) is 19.8 Å². The van der Waals surface area contributed by atoms with E-state index in [4.69, 9.17) is 5.73 Å². The molecule has 1 aromatic heterocycles. The number of aromatic nitrogens is 2. The zero-order chi connectivity index (χ0) is 22.1. The molecule has 1 rings (SSSR count). The third kappa shape index (κ3) is 7.53. The van der Waals surface area contributed by atoms with Crippen molar-refractivity contribution in [2.24, 2.45) is 11.7 Å². The Morgan fingerprint density at radius 3 is 2.24 bits per heavy atom. The zero-order valence-electron chi connectivity index (χ0n) is 17.1. The summed E-state index contributed by atoms with van der Waals surface area (Å²) >= 11 is 0. The number of rotatable bonds is 11. The second-order valence-electron chi connectivity index (χ2n) is 7.07. The number of hydrogen-bond donors (Lipinski definition) is 6. The van der Waals surface area contributed by atoms with Crippen molar-refractivity contribution >= 4 is 23.7 Å². The smallest absolute Gasteiger partial charge is 0.326 e. The molecular formula is C18H30N6O5. The maximum absolute atomic E-state index is 12.7. The van der Waals surface area contributed by atoms with Gasteiger partial charge < -0.3 is 31.8 Å². The van der Waals surface area contributed by atoms with Gasteiger partial charge in [0.25, 0.3) is 0 Å². The van der Waals surface area contributed by atoms with Crippen molar-refractivity contribution in [1.82, 2.24) is 25.9 Å². The second kappa shape index (κ2) is 11.1. The predicted molar refractivity (Wildman–Crippen MR) is 104 cm³/mol. The van der Waals surface area contributed by atoms with Crippen LogP contribution in [0, 0.1) is 5.92 Å². The van der Waals surface area contributed by atoms with Gasteiger partial charge in [0.1, 0.15) is 18.1 Å².